The number of aromatic nitrogens is 2. The number of halogens is 2. The lowest BCUT2D eigenvalue weighted by atomic mass is 10.1. The molecule has 0 amide bonds. The maximum Gasteiger partial charge on any atom is 0.246 e. The number of benzene rings is 1. The standard InChI is InChI=1S/C16H17F2N3O3S/c1-11-19-7-6-16(20-11)24-13-3-2-8-21(10-13)25(22,23)15-9-12(17)4-5-14(15)18/h4-7,9,13H,2-3,8,10H2,1H3. The summed E-state index contributed by atoms with van der Waals surface area (Å²) in [4.78, 5) is 7.44. The molecule has 1 unspecified atom stereocenters. The average Bonchev–Trinajstić information content (AvgIpc) is 2.57. The Labute approximate surface area is 144 Å². The highest BCUT2D eigenvalue weighted by molar-refractivity contribution is 7.89. The Morgan fingerprint density at radius 1 is 1.28 bits per heavy atom. The van der Waals surface area contributed by atoms with Crippen molar-refractivity contribution in [3.05, 3.63) is 47.9 Å². The van der Waals surface area contributed by atoms with Gasteiger partial charge >= 0.3 is 0 Å². The zero-order valence-electron chi connectivity index (χ0n) is 13.5. The molecule has 25 heavy (non-hydrogen) atoms. The number of hydrogen-bond acceptors (Lipinski definition) is 5. The van der Waals surface area contributed by atoms with Gasteiger partial charge in [0.1, 0.15) is 28.5 Å². The second-order valence-electron chi connectivity index (χ2n) is 5.76. The van der Waals surface area contributed by atoms with Crippen LogP contribution < -0.4 is 4.74 Å². The molecule has 0 bridgehead atoms. The van der Waals surface area contributed by atoms with Gasteiger partial charge in [-0.1, -0.05) is 0 Å². The molecule has 0 saturated carbocycles. The third-order valence-electron chi connectivity index (χ3n) is 3.89. The molecule has 134 valence electrons. The molecule has 9 heteroatoms. The van der Waals surface area contributed by atoms with Crippen molar-refractivity contribution in [2.24, 2.45) is 0 Å². The van der Waals surface area contributed by atoms with Crippen molar-refractivity contribution in [3.8, 4) is 5.88 Å². The molecule has 1 aliphatic rings. The first kappa shape index (κ1) is 17.7. The summed E-state index contributed by atoms with van der Waals surface area (Å²) in [5.41, 5.74) is 0. The highest BCUT2D eigenvalue weighted by Crippen LogP contribution is 2.25. The Bertz CT molecular complexity index is 877. The number of aryl methyl sites for hydroxylation is 1. The van der Waals surface area contributed by atoms with Crippen LogP contribution in [0.25, 0.3) is 0 Å². The summed E-state index contributed by atoms with van der Waals surface area (Å²) in [7, 11) is -4.14. The quantitative estimate of drug-likeness (QED) is 0.827. The van der Waals surface area contributed by atoms with Crippen LogP contribution in [0.1, 0.15) is 18.7 Å². The fraction of sp³-hybridized carbons (Fsp3) is 0.375. The summed E-state index contributed by atoms with van der Waals surface area (Å²) in [6, 6.07) is 3.98. The molecule has 1 aliphatic heterocycles. The Morgan fingerprint density at radius 3 is 2.84 bits per heavy atom. The van der Waals surface area contributed by atoms with Crippen LogP contribution in [0.4, 0.5) is 8.78 Å². The van der Waals surface area contributed by atoms with Crippen LogP contribution in [-0.4, -0.2) is 41.9 Å². The van der Waals surface area contributed by atoms with Gasteiger partial charge in [0.15, 0.2) is 0 Å². The average molecular weight is 369 g/mol. The normalized spacial score (nSPS) is 18.9. The number of rotatable bonds is 4. The summed E-state index contributed by atoms with van der Waals surface area (Å²) in [5.74, 6) is -0.884. The maximum atomic E-state index is 13.9. The first-order valence-corrected chi connectivity index (χ1v) is 9.22. The van der Waals surface area contributed by atoms with E-state index in [1.165, 1.54) is 0 Å². The van der Waals surface area contributed by atoms with Crippen LogP contribution in [0.3, 0.4) is 0 Å². The summed E-state index contributed by atoms with van der Waals surface area (Å²) < 4.78 is 59.4. The number of piperidine rings is 1. The van der Waals surface area contributed by atoms with Gasteiger partial charge in [-0.25, -0.2) is 22.2 Å². The molecular formula is C16H17F2N3O3S. The SMILES string of the molecule is Cc1nccc(OC2CCCN(S(=O)(=O)c3cc(F)ccc3F)C2)n1. The van der Waals surface area contributed by atoms with Crippen molar-refractivity contribution in [2.45, 2.75) is 30.8 Å². The molecule has 1 aromatic carbocycles. The van der Waals surface area contributed by atoms with Gasteiger partial charge in [0, 0.05) is 18.8 Å². The lowest BCUT2D eigenvalue weighted by Gasteiger charge is -2.31. The molecule has 1 aromatic heterocycles. The van der Waals surface area contributed by atoms with E-state index in [1.807, 2.05) is 0 Å². The summed E-state index contributed by atoms with van der Waals surface area (Å²) >= 11 is 0. The highest BCUT2D eigenvalue weighted by atomic mass is 32.2. The maximum absolute atomic E-state index is 13.9. The molecule has 1 fully saturated rings. The smallest absolute Gasteiger partial charge is 0.246 e. The lowest BCUT2D eigenvalue weighted by molar-refractivity contribution is 0.124. The van der Waals surface area contributed by atoms with Crippen LogP contribution in [-0.2, 0) is 10.0 Å². The van der Waals surface area contributed by atoms with Gasteiger partial charge in [-0.3, -0.25) is 0 Å². The van der Waals surface area contributed by atoms with E-state index in [4.69, 9.17) is 4.74 Å². The lowest BCUT2D eigenvalue weighted by Crippen LogP contribution is -2.44. The van der Waals surface area contributed by atoms with Crippen molar-refractivity contribution < 1.29 is 21.9 Å². The van der Waals surface area contributed by atoms with Crippen molar-refractivity contribution in [2.75, 3.05) is 13.1 Å². The molecule has 0 radical (unpaired) electrons. The topological polar surface area (TPSA) is 72.4 Å². The zero-order chi connectivity index (χ0) is 18.0. The van der Waals surface area contributed by atoms with E-state index in [9.17, 15) is 17.2 Å². The van der Waals surface area contributed by atoms with Gasteiger partial charge < -0.3 is 4.74 Å². The molecule has 3 rings (SSSR count). The second kappa shape index (κ2) is 7.01. The van der Waals surface area contributed by atoms with E-state index in [2.05, 4.69) is 9.97 Å². The van der Waals surface area contributed by atoms with E-state index >= 15 is 0 Å². The second-order valence-corrected chi connectivity index (χ2v) is 7.67. The van der Waals surface area contributed by atoms with E-state index in [0.29, 0.717) is 30.6 Å². The van der Waals surface area contributed by atoms with Crippen LogP contribution in [0, 0.1) is 18.6 Å². The minimum atomic E-state index is -4.14. The predicted octanol–water partition coefficient (Wildman–Crippen LogP) is 2.30. The molecule has 0 N–H and O–H groups in total. The van der Waals surface area contributed by atoms with E-state index in [0.717, 1.165) is 16.4 Å². The monoisotopic (exact) mass is 369 g/mol. The van der Waals surface area contributed by atoms with E-state index in [1.54, 1.807) is 19.2 Å². The van der Waals surface area contributed by atoms with Gasteiger partial charge in [0.25, 0.3) is 0 Å². The number of hydrogen-bond donors (Lipinski definition) is 0. The van der Waals surface area contributed by atoms with Crippen molar-refractivity contribution >= 4 is 10.0 Å². The van der Waals surface area contributed by atoms with Crippen molar-refractivity contribution in [3.63, 3.8) is 0 Å². The predicted molar refractivity (Wildman–Crippen MR) is 85.5 cm³/mol. The fourth-order valence-corrected chi connectivity index (χ4v) is 4.29. The molecule has 6 nitrogen and oxygen atoms in total. The first-order valence-electron chi connectivity index (χ1n) is 7.78. The molecule has 2 heterocycles. The molecular weight excluding hydrogens is 352 g/mol. The first-order chi connectivity index (χ1) is 11.9. The van der Waals surface area contributed by atoms with Gasteiger partial charge in [-0.05, 0) is 38.0 Å². The minimum absolute atomic E-state index is 0.0430. The third kappa shape index (κ3) is 3.93. The summed E-state index contributed by atoms with van der Waals surface area (Å²) in [6.45, 7) is 1.99. The van der Waals surface area contributed by atoms with Crippen LogP contribution >= 0.6 is 0 Å². The van der Waals surface area contributed by atoms with Crippen LogP contribution in [0.15, 0.2) is 35.4 Å². The molecule has 2 aromatic rings. The Hall–Kier alpha value is -2.13. The van der Waals surface area contributed by atoms with Gasteiger partial charge in [0.2, 0.25) is 15.9 Å². The molecule has 0 spiro atoms. The molecule has 0 aliphatic carbocycles. The summed E-state index contributed by atoms with van der Waals surface area (Å²) in [5, 5.41) is 0. The summed E-state index contributed by atoms with van der Waals surface area (Å²) in [6.07, 6.45) is 2.32. The third-order valence-corrected chi connectivity index (χ3v) is 5.77. The van der Waals surface area contributed by atoms with Crippen molar-refractivity contribution in [1.29, 1.82) is 0 Å². The zero-order valence-corrected chi connectivity index (χ0v) is 14.3. The Balaban J connectivity index is 1.79. The number of sulfonamides is 1. The van der Waals surface area contributed by atoms with E-state index in [-0.39, 0.29) is 13.1 Å². The van der Waals surface area contributed by atoms with Crippen molar-refractivity contribution in [1.82, 2.24) is 14.3 Å². The van der Waals surface area contributed by atoms with Gasteiger partial charge in [0.05, 0.1) is 6.54 Å². The Kier molecular flexibility index (Phi) is 4.96. The Morgan fingerprint density at radius 2 is 2.08 bits per heavy atom. The fourth-order valence-electron chi connectivity index (χ4n) is 2.70. The van der Waals surface area contributed by atoms with Crippen LogP contribution in [0.5, 0.6) is 5.88 Å². The number of ether oxygens (including phenoxy) is 1. The van der Waals surface area contributed by atoms with Crippen LogP contribution in [0.2, 0.25) is 0 Å². The van der Waals surface area contributed by atoms with Gasteiger partial charge in [-0.15, -0.1) is 0 Å². The number of nitrogens with zero attached hydrogens (tertiary/aromatic N) is 3. The largest absolute Gasteiger partial charge is 0.473 e. The molecule has 1 saturated heterocycles. The minimum Gasteiger partial charge on any atom is -0.473 e. The molecule has 1 atom stereocenters. The highest BCUT2D eigenvalue weighted by Gasteiger charge is 2.33. The van der Waals surface area contributed by atoms with Gasteiger partial charge in [-0.2, -0.15) is 9.29 Å². The van der Waals surface area contributed by atoms with E-state index < -0.39 is 32.7 Å².